The normalized spacial score (nSPS) is 28.1. The van der Waals surface area contributed by atoms with Gasteiger partial charge in [0.05, 0.1) is 4.88 Å². The van der Waals surface area contributed by atoms with Gasteiger partial charge in [-0.15, -0.1) is 17.1 Å². The fraction of sp³-hybridized carbons (Fsp3) is 0.474. The van der Waals surface area contributed by atoms with E-state index in [0.717, 1.165) is 32.5 Å². The zero-order valence-electron chi connectivity index (χ0n) is 14.3. The fourth-order valence-electron chi connectivity index (χ4n) is 3.59. The van der Waals surface area contributed by atoms with Gasteiger partial charge in [0.15, 0.2) is 0 Å². The van der Waals surface area contributed by atoms with Gasteiger partial charge in [-0.05, 0) is 37.8 Å². The smallest absolute Gasteiger partial charge is 0.349 e. The van der Waals surface area contributed by atoms with Crippen LogP contribution in [-0.2, 0) is 15.1 Å². The molecule has 0 spiro atoms. The summed E-state index contributed by atoms with van der Waals surface area (Å²) in [6, 6.07) is 3.60. The number of fused-ring (bicyclic) bond motifs is 2. The van der Waals surface area contributed by atoms with Gasteiger partial charge in [-0.25, -0.2) is 4.79 Å². The number of esters is 1. The Morgan fingerprint density at radius 3 is 3.08 bits per heavy atom. The van der Waals surface area contributed by atoms with Crippen molar-refractivity contribution in [3.05, 3.63) is 51.1 Å². The summed E-state index contributed by atoms with van der Waals surface area (Å²) in [6.45, 7) is 8.17. The van der Waals surface area contributed by atoms with E-state index in [1.165, 1.54) is 23.1 Å². The first-order valence-corrected chi connectivity index (χ1v) is 10.2. The SMILES string of the molecule is C=C=CSC(=CC)C(O)(C(=O)OC1CN2CCCC1C2)c1cccs1. The summed E-state index contributed by atoms with van der Waals surface area (Å²) < 4.78 is 5.85. The van der Waals surface area contributed by atoms with Crippen LogP contribution in [-0.4, -0.2) is 41.7 Å². The van der Waals surface area contributed by atoms with Crippen LogP contribution in [0.15, 0.2) is 46.2 Å². The van der Waals surface area contributed by atoms with E-state index < -0.39 is 11.6 Å². The van der Waals surface area contributed by atoms with Gasteiger partial charge in [0.1, 0.15) is 6.10 Å². The number of allylic oxidation sites excluding steroid dienone is 1. The molecular formula is C19H23NO3S2. The zero-order chi connectivity index (χ0) is 17.9. The molecule has 2 bridgehead atoms. The highest BCUT2D eigenvalue weighted by Gasteiger charge is 2.47. The lowest BCUT2D eigenvalue weighted by atomic mass is 9.97. The van der Waals surface area contributed by atoms with E-state index in [1.807, 2.05) is 11.4 Å². The average Bonchev–Trinajstić information content (AvgIpc) is 3.24. The topological polar surface area (TPSA) is 49.8 Å². The number of carbonyl (C=O) groups excluding carboxylic acids is 1. The number of hydrogen-bond acceptors (Lipinski definition) is 6. The molecule has 134 valence electrons. The lowest BCUT2D eigenvalue weighted by Gasteiger charge is -2.29. The molecule has 0 radical (unpaired) electrons. The van der Waals surface area contributed by atoms with Crippen LogP contribution >= 0.6 is 23.1 Å². The van der Waals surface area contributed by atoms with Gasteiger partial charge >= 0.3 is 5.97 Å². The minimum Gasteiger partial charge on any atom is -0.458 e. The van der Waals surface area contributed by atoms with Crippen molar-refractivity contribution in [3.8, 4) is 0 Å². The molecule has 3 heterocycles. The highest BCUT2D eigenvalue weighted by Crippen LogP contribution is 2.41. The highest BCUT2D eigenvalue weighted by atomic mass is 32.2. The van der Waals surface area contributed by atoms with E-state index in [-0.39, 0.29) is 6.10 Å². The van der Waals surface area contributed by atoms with Gasteiger partial charge in [-0.1, -0.05) is 30.5 Å². The molecule has 1 aromatic rings. The minimum atomic E-state index is -1.78. The Labute approximate surface area is 156 Å². The van der Waals surface area contributed by atoms with E-state index in [1.54, 1.807) is 24.5 Å². The molecule has 0 aromatic carbocycles. The summed E-state index contributed by atoms with van der Waals surface area (Å²) in [5.74, 6) is -0.216. The molecule has 2 aliphatic heterocycles. The summed E-state index contributed by atoms with van der Waals surface area (Å²) in [5, 5.41) is 14.9. The Morgan fingerprint density at radius 2 is 2.44 bits per heavy atom. The van der Waals surface area contributed by atoms with E-state index >= 15 is 0 Å². The quantitative estimate of drug-likeness (QED) is 0.607. The predicted octanol–water partition coefficient (Wildman–Crippen LogP) is 3.51. The molecule has 2 aliphatic rings. The van der Waals surface area contributed by atoms with Gasteiger partial charge in [0.2, 0.25) is 5.60 Å². The van der Waals surface area contributed by atoms with Crippen molar-refractivity contribution < 1.29 is 14.6 Å². The molecule has 25 heavy (non-hydrogen) atoms. The number of thiophene rings is 1. The van der Waals surface area contributed by atoms with E-state index in [9.17, 15) is 9.90 Å². The monoisotopic (exact) mass is 377 g/mol. The first-order chi connectivity index (χ1) is 12.1. The second-order valence-electron chi connectivity index (χ2n) is 6.39. The Kier molecular flexibility index (Phi) is 5.87. The summed E-state index contributed by atoms with van der Waals surface area (Å²) in [5.41, 5.74) is 0.888. The van der Waals surface area contributed by atoms with Crippen LogP contribution in [0.1, 0.15) is 24.6 Å². The van der Waals surface area contributed by atoms with Gasteiger partial charge < -0.3 is 9.84 Å². The number of thioether (sulfide) groups is 1. The van der Waals surface area contributed by atoms with Gasteiger partial charge in [-0.3, -0.25) is 4.90 Å². The summed E-state index contributed by atoms with van der Waals surface area (Å²) in [4.78, 5) is 16.5. The predicted molar refractivity (Wildman–Crippen MR) is 102 cm³/mol. The van der Waals surface area contributed by atoms with Crippen LogP contribution in [0.5, 0.6) is 0 Å². The number of rotatable bonds is 6. The molecule has 1 N–H and O–H groups in total. The maximum atomic E-state index is 13.1. The van der Waals surface area contributed by atoms with Gasteiger partial charge in [0, 0.05) is 29.3 Å². The maximum Gasteiger partial charge on any atom is 0.349 e. The van der Waals surface area contributed by atoms with Crippen molar-refractivity contribution in [1.29, 1.82) is 0 Å². The summed E-state index contributed by atoms with van der Waals surface area (Å²) in [6.07, 6.45) is 3.83. The molecule has 2 fully saturated rings. The third kappa shape index (κ3) is 3.64. The molecule has 0 saturated carbocycles. The third-order valence-electron chi connectivity index (χ3n) is 4.83. The number of nitrogens with zero attached hydrogens (tertiary/aromatic N) is 1. The van der Waals surface area contributed by atoms with Crippen LogP contribution in [0.4, 0.5) is 0 Å². The van der Waals surface area contributed by atoms with Crippen LogP contribution < -0.4 is 0 Å². The summed E-state index contributed by atoms with van der Waals surface area (Å²) in [7, 11) is 0. The first-order valence-electron chi connectivity index (χ1n) is 8.47. The first kappa shape index (κ1) is 18.5. The molecule has 1 aromatic heterocycles. The molecule has 6 heteroatoms. The van der Waals surface area contributed by atoms with Crippen LogP contribution in [0.25, 0.3) is 0 Å². The highest BCUT2D eigenvalue weighted by molar-refractivity contribution is 8.05. The van der Waals surface area contributed by atoms with Crippen molar-refractivity contribution in [2.75, 3.05) is 19.6 Å². The number of hydrogen-bond donors (Lipinski definition) is 1. The Balaban J connectivity index is 1.86. The number of ether oxygens (including phenoxy) is 1. The number of carbonyl (C=O) groups is 1. The van der Waals surface area contributed by atoms with E-state index in [0.29, 0.717) is 15.7 Å². The third-order valence-corrected chi connectivity index (χ3v) is 6.87. The fourth-order valence-corrected chi connectivity index (χ4v) is 5.19. The molecule has 0 aliphatic carbocycles. The largest absolute Gasteiger partial charge is 0.458 e. The van der Waals surface area contributed by atoms with Crippen molar-refractivity contribution >= 4 is 29.1 Å². The minimum absolute atomic E-state index is 0.139. The van der Waals surface area contributed by atoms with Crippen molar-refractivity contribution in [1.82, 2.24) is 4.90 Å². The maximum absolute atomic E-state index is 13.1. The van der Waals surface area contributed by atoms with Crippen LogP contribution in [0.2, 0.25) is 0 Å². The summed E-state index contributed by atoms with van der Waals surface area (Å²) >= 11 is 2.59. The Hall–Kier alpha value is -1.30. The molecule has 4 nitrogen and oxygen atoms in total. The number of piperidine rings is 1. The standard InChI is InChI=1S/C19H23NO3S2/c1-3-10-24-16(4-2)19(22,17-8-6-11-25-17)18(21)23-15-13-20-9-5-7-14(15)12-20/h4,6,8,10-11,14-15,22H,1,5,7,9,12-13H2,2H3. The second-order valence-corrected chi connectivity index (χ2v) is 8.25. The van der Waals surface area contributed by atoms with Crippen molar-refractivity contribution in [2.24, 2.45) is 5.92 Å². The molecule has 4 unspecified atom stereocenters. The molecule has 2 saturated heterocycles. The lowest BCUT2D eigenvalue weighted by Crippen LogP contribution is -2.41. The van der Waals surface area contributed by atoms with Crippen molar-refractivity contribution in [2.45, 2.75) is 31.5 Å². The number of aliphatic hydroxyl groups is 1. The molecular weight excluding hydrogens is 354 g/mol. The van der Waals surface area contributed by atoms with Crippen LogP contribution in [0, 0.1) is 5.92 Å². The molecule has 3 rings (SSSR count). The van der Waals surface area contributed by atoms with E-state index in [2.05, 4.69) is 17.2 Å². The second kappa shape index (κ2) is 7.94. The molecule has 4 atom stereocenters. The zero-order valence-corrected chi connectivity index (χ0v) is 15.9. The Bertz CT molecular complexity index is 694. The van der Waals surface area contributed by atoms with Gasteiger partial charge in [0.25, 0.3) is 0 Å². The van der Waals surface area contributed by atoms with Crippen LogP contribution in [0.3, 0.4) is 0 Å². The molecule has 0 amide bonds. The van der Waals surface area contributed by atoms with Crippen molar-refractivity contribution in [3.63, 3.8) is 0 Å². The van der Waals surface area contributed by atoms with E-state index in [4.69, 9.17) is 4.74 Å². The van der Waals surface area contributed by atoms with Gasteiger partial charge in [-0.2, -0.15) is 0 Å². The Morgan fingerprint density at radius 1 is 1.60 bits per heavy atom. The average molecular weight is 378 g/mol. The lowest BCUT2D eigenvalue weighted by molar-refractivity contribution is -0.168.